The quantitative estimate of drug-likeness (QED) is 0.363. The standard InChI is InChI=1S/C12H17N5O2/c1-12(2)7-13-11(14-8-12)16-15-10(18)9-4-3-5-17(19)6-9/h3-6H,7-8H2,1-2H3,(H,15,18)(H2,13,14,16). The van der Waals surface area contributed by atoms with Gasteiger partial charge in [0.25, 0.3) is 5.91 Å². The summed E-state index contributed by atoms with van der Waals surface area (Å²) >= 11 is 0. The number of carbonyl (C=O) groups is 1. The second-order valence-electron chi connectivity index (χ2n) is 5.21. The Kier molecular flexibility index (Phi) is 3.55. The Morgan fingerprint density at radius 1 is 1.58 bits per heavy atom. The maximum Gasteiger partial charge on any atom is 0.275 e. The van der Waals surface area contributed by atoms with Gasteiger partial charge < -0.3 is 10.5 Å². The molecule has 0 saturated carbocycles. The van der Waals surface area contributed by atoms with Gasteiger partial charge in [-0.15, -0.1) is 0 Å². The molecule has 19 heavy (non-hydrogen) atoms. The molecule has 0 spiro atoms. The minimum Gasteiger partial charge on any atom is -0.619 e. The van der Waals surface area contributed by atoms with Gasteiger partial charge >= 0.3 is 0 Å². The van der Waals surface area contributed by atoms with E-state index in [0.717, 1.165) is 6.54 Å². The lowest BCUT2D eigenvalue weighted by molar-refractivity contribution is -0.605. The van der Waals surface area contributed by atoms with Gasteiger partial charge in [0.2, 0.25) is 5.96 Å². The van der Waals surface area contributed by atoms with Crippen molar-refractivity contribution in [3.63, 3.8) is 0 Å². The smallest absolute Gasteiger partial charge is 0.275 e. The number of aromatic nitrogens is 1. The van der Waals surface area contributed by atoms with Crippen molar-refractivity contribution in [1.82, 2.24) is 16.2 Å². The van der Waals surface area contributed by atoms with E-state index < -0.39 is 0 Å². The van der Waals surface area contributed by atoms with Crippen molar-refractivity contribution in [3.05, 3.63) is 35.3 Å². The van der Waals surface area contributed by atoms with E-state index >= 15 is 0 Å². The van der Waals surface area contributed by atoms with Crippen LogP contribution in [0.3, 0.4) is 0 Å². The van der Waals surface area contributed by atoms with Crippen LogP contribution in [0.25, 0.3) is 0 Å². The lowest BCUT2D eigenvalue weighted by Gasteiger charge is -2.29. The summed E-state index contributed by atoms with van der Waals surface area (Å²) in [5, 5.41) is 14.1. The summed E-state index contributed by atoms with van der Waals surface area (Å²) in [6.07, 6.45) is 2.52. The number of pyridine rings is 1. The van der Waals surface area contributed by atoms with Gasteiger partial charge in [0.05, 0.1) is 0 Å². The van der Waals surface area contributed by atoms with Gasteiger partial charge in [-0.2, -0.15) is 4.73 Å². The van der Waals surface area contributed by atoms with E-state index in [1.165, 1.54) is 18.5 Å². The number of nitrogens with one attached hydrogen (secondary N) is 3. The number of rotatable bonds is 1. The topological polar surface area (TPSA) is 92.5 Å². The van der Waals surface area contributed by atoms with Gasteiger partial charge in [0, 0.05) is 24.6 Å². The number of aliphatic imine (C=N–C) groups is 1. The molecule has 0 unspecified atom stereocenters. The largest absolute Gasteiger partial charge is 0.619 e. The van der Waals surface area contributed by atoms with Crippen molar-refractivity contribution in [2.45, 2.75) is 13.8 Å². The molecule has 7 nitrogen and oxygen atoms in total. The van der Waals surface area contributed by atoms with Gasteiger partial charge in [-0.3, -0.25) is 20.6 Å². The molecule has 1 aliphatic heterocycles. The highest BCUT2D eigenvalue weighted by atomic mass is 16.5. The summed E-state index contributed by atoms with van der Waals surface area (Å²) in [5.41, 5.74) is 5.59. The summed E-state index contributed by atoms with van der Waals surface area (Å²) < 4.78 is 0.577. The maximum atomic E-state index is 11.8. The zero-order valence-corrected chi connectivity index (χ0v) is 10.9. The van der Waals surface area contributed by atoms with E-state index in [-0.39, 0.29) is 16.9 Å². The number of carbonyl (C=O) groups excluding carboxylic acids is 1. The van der Waals surface area contributed by atoms with Crippen LogP contribution in [0.1, 0.15) is 24.2 Å². The molecule has 1 aliphatic rings. The molecule has 0 saturated heterocycles. The van der Waals surface area contributed by atoms with E-state index in [1.54, 1.807) is 6.07 Å². The monoisotopic (exact) mass is 263 g/mol. The van der Waals surface area contributed by atoms with Crippen molar-refractivity contribution in [2.75, 3.05) is 13.1 Å². The first kappa shape index (κ1) is 13.1. The van der Waals surface area contributed by atoms with Gasteiger partial charge in [-0.1, -0.05) is 13.8 Å². The summed E-state index contributed by atoms with van der Waals surface area (Å²) in [6.45, 7) is 5.68. The molecule has 0 bridgehead atoms. The van der Waals surface area contributed by atoms with Gasteiger partial charge in [-0.25, -0.2) is 0 Å². The maximum absolute atomic E-state index is 11.8. The SMILES string of the molecule is CC1(C)CN=C(NNC(=O)c2ccc[n+]([O-])c2)NC1. The van der Waals surface area contributed by atoms with Crippen LogP contribution in [0.4, 0.5) is 0 Å². The summed E-state index contributed by atoms with van der Waals surface area (Å²) in [4.78, 5) is 16.0. The van der Waals surface area contributed by atoms with Gasteiger partial charge in [0.15, 0.2) is 12.4 Å². The predicted octanol–water partition coefficient (Wildman–Crippen LogP) is -0.460. The van der Waals surface area contributed by atoms with Crippen LogP contribution in [0, 0.1) is 10.6 Å². The third-order valence-electron chi connectivity index (χ3n) is 2.73. The molecular weight excluding hydrogens is 246 g/mol. The second-order valence-corrected chi connectivity index (χ2v) is 5.21. The lowest BCUT2D eigenvalue weighted by atomic mass is 9.93. The summed E-state index contributed by atoms with van der Waals surface area (Å²) in [7, 11) is 0. The van der Waals surface area contributed by atoms with E-state index in [4.69, 9.17) is 0 Å². The minimum absolute atomic E-state index is 0.114. The average Bonchev–Trinajstić information content (AvgIpc) is 2.37. The molecule has 3 N–H and O–H groups in total. The Bertz CT molecular complexity index is 513. The molecule has 102 valence electrons. The minimum atomic E-state index is -0.389. The van der Waals surface area contributed by atoms with Crippen LogP contribution >= 0.6 is 0 Å². The molecule has 2 rings (SSSR count). The van der Waals surface area contributed by atoms with Gasteiger partial charge in [-0.05, 0) is 6.07 Å². The normalized spacial score (nSPS) is 17.1. The molecule has 0 radical (unpaired) electrons. The molecule has 1 aromatic heterocycles. The van der Waals surface area contributed by atoms with E-state index in [2.05, 4.69) is 35.0 Å². The molecule has 1 amide bonds. The van der Waals surface area contributed by atoms with Crippen LogP contribution in [0.5, 0.6) is 0 Å². The van der Waals surface area contributed by atoms with Crippen LogP contribution < -0.4 is 20.9 Å². The van der Waals surface area contributed by atoms with Crippen LogP contribution in [0.15, 0.2) is 29.5 Å². The highest BCUT2D eigenvalue weighted by Gasteiger charge is 2.22. The third kappa shape index (κ3) is 3.57. The second kappa shape index (κ2) is 5.13. The predicted molar refractivity (Wildman–Crippen MR) is 70.1 cm³/mol. The zero-order valence-electron chi connectivity index (χ0n) is 10.9. The molecular formula is C12H17N5O2. The Hall–Kier alpha value is -2.31. The first-order valence-corrected chi connectivity index (χ1v) is 6.00. The lowest BCUT2D eigenvalue weighted by Crippen LogP contribution is -2.53. The number of hydrazine groups is 1. The van der Waals surface area contributed by atoms with Gasteiger partial charge in [0.1, 0.15) is 5.56 Å². The number of nitrogens with zero attached hydrogens (tertiary/aromatic N) is 2. The van der Waals surface area contributed by atoms with Crippen LogP contribution in [0.2, 0.25) is 0 Å². The molecule has 0 fully saturated rings. The van der Waals surface area contributed by atoms with Crippen LogP contribution in [-0.4, -0.2) is 25.0 Å². The van der Waals surface area contributed by atoms with Crippen molar-refractivity contribution in [3.8, 4) is 0 Å². The highest BCUT2D eigenvalue weighted by molar-refractivity contribution is 5.95. The zero-order chi connectivity index (χ0) is 13.9. The number of amides is 1. The fraction of sp³-hybridized carbons (Fsp3) is 0.417. The number of hydrogen-bond donors (Lipinski definition) is 3. The Morgan fingerprint density at radius 3 is 3.00 bits per heavy atom. The fourth-order valence-corrected chi connectivity index (χ4v) is 1.59. The molecule has 0 aromatic carbocycles. The van der Waals surface area contributed by atoms with Crippen molar-refractivity contribution in [1.29, 1.82) is 0 Å². The molecule has 1 aromatic rings. The Labute approximate surface area is 111 Å². The molecule has 2 heterocycles. The van der Waals surface area contributed by atoms with Crippen molar-refractivity contribution >= 4 is 11.9 Å². The van der Waals surface area contributed by atoms with E-state index in [0.29, 0.717) is 17.2 Å². The van der Waals surface area contributed by atoms with E-state index in [9.17, 15) is 10.0 Å². The van der Waals surface area contributed by atoms with Crippen LogP contribution in [-0.2, 0) is 0 Å². The third-order valence-corrected chi connectivity index (χ3v) is 2.73. The fourth-order valence-electron chi connectivity index (χ4n) is 1.59. The Morgan fingerprint density at radius 2 is 2.37 bits per heavy atom. The van der Waals surface area contributed by atoms with Crippen molar-refractivity contribution < 1.29 is 9.52 Å². The number of guanidine groups is 1. The van der Waals surface area contributed by atoms with E-state index in [1.807, 2.05) is 0 Å². The molecule has 0 aliphatic carbocycles. The highest BCUT2D eigenvalue weighted by Crippen LogP contribution is 2.15. The average molecular weight is 263 g/mol. The molecule has 7 heteroatoms. The first-order chi connectivity index (χ1) is 8.96. The Balaban J connectivity index is 1.90. The number of hydrogen-bond acceptors (Lipinski definition) is 5. The summed E-state index contributed by atoms with van der Waals surface area (Å²) in [5.74, 6) is 0.137. The first-order valence-electron chi connectivity index (χ1n) is 6.00. The summed E-state index contributed by atoms with van der Waals surface area (Å²) in [6, 6.07) is 3.07. The molecule has 0 atom stereocenters. The van der Waals surface area contributed by atoms with Crippen molar-refractivity contribution in [2.24, 2.45) is 10.4 Å².